The van der Waals surface area contributed by atoms with Crippen molar-refractivity contribution in [1.82, 2.24) is 0 Å². The topological polar surface area (TPSA) is 18.5 Å². The van der Waals surface area contributed by atoms with Gasteiger partial charge in [0.15, 0.2) is 11.6 Å². The van der Waals surface area contributed by atoms with Crippen LogP contribution in [0, 0.1) is 11.6 Å². The Bertz CT molecular complexity index is 515. The summed E-state index contributed by atoms with van der Waals surface area (Å²) in [6.07, 6.45) is -3.15. The Hall–Kier alpha value is -1.08. The van der Waals surface area contributed by atoms with Crippen molar-refractivity contribution in [3.63, 3.8) is 0 Å². The fourth-order valence-corrected chi connectivity index (χ4v) is 1.98. The molecule has 0 bridgehead atoms. The van der Waals surface area contributed by atoms with Crippen molar-refractivity contribution in [3.05, 3.63) is 29.3 Å². The SMILES string of the molecule is CC1(C)OB(c2ccc(F)c(F)c2C(F)F)OC1(C)C. The van der Waals surface area contributed by atoms with Gasteiger partial charge in [-0.3, -0.25) is 0 Å². The molecular formula is C13H15BF4O2. The lowest BCUT2D eigenvalue weighted by Gasteiger charge is -2.32. The third kappa shape index (κ3) is 2.33. The predicted molar refractivity (Wildman–Crippen MR) is 67.0 cm³/mol. The zero-order valence-corrected chi connectivity index (χ0v) is 11.6. The van der Waals surface area contributed by atoms with Crippen LogP contribution in [0.15, 0.2) is 12.1 Å². The van der Waals surface area contributed by atoms with E-state index in [1.165, 1.54) is 0 Å². The molecule has 0 radical (unpaired) electrons. The number of halogens is 4. The lowest BCUT2D eigenvalue weighted by molar-refractivity contribution is 0.00578. The van der Waals surface area contributed by atoms with E-state index in [1.807, 2.05) is 0 Å². The van der Waals surface area contributed by atoms with E-state index >= 15 is 0 Å². The highest BCUT2D eigenvalue weighted by molar-refractivity contribution is 6.62. The van der Waals surface area contributed by atoms with E-state index in [-0.39, 0.29) is 5.46 Å². The molecule has 0 spiro atoms. The monoisotopic (exact) mass is 290 g/mol. The van der Waals surface area contributed by atoms with E-state index in [2.05, 4.69) is 0 Å². The lowest BCUT2D eigenvalue weighted by Crippen LogP contribution is -2.41. The lowest BCUT2D eigenvalue weighted by atomic mass is 9.75. The van der Waals surface area contributed by atoms with Crippen LogP contribution >= 0.6 is 0 Å². The molecule has 20 heavy (non-hydrogen) atoms. The summed E-state index contributed by atoms with van der Waals surface area (Å²) in [4.78, 5) is 0. The molecule has 110 valence electrons. The summed E-state index contributed by atoms with van der Waals surface area (Å²) in [7, 11) is -1.15. The van der Waals surface area contributed by atoms with Gasteiger partial charge in [-0.2, -0.15) is 0 Å². The van der Waals surface area contributed by atoms with Crippen LogP contribution in [-0.2, 0) is 9.31 Å². The van der Waals surface area contributed by atoms with Crippen LogP contribution in [0.3, 0.4) is 0 Å². The Morgan fingerprint density at radius 1 is 1.00 bits per heavy atom. The van der Waals surface area contributed by atoms with Gasteiger partial charge in [0, 0.05) is 0 Å². The standard InChI is InChI=1S/C13H15BF4O2/c1-12(2)13(3,4)20-14(19-12)7-5-6-8(15)10(16)9(7)11(17)18/h5-6,11H,1-4H3. The van der Waals surface area contributed by atoms with E-state index < -0.39 is 41.9 Å². The summed E-state index contributed by atoms with van der Waals surface area (Å²) in [6.45, 7) is 6.98. The highest BCUT2D eigenvalue weighted by atomic mass is 19.3. The first-order valence-corrected chi connectivity index (χ1v) is 6.18. The second kappa shape index (κ2) is 4.74. The summed E-state index contributed by atoms with van der Waals surface area (Å²) in [6, 6.07) is 1.86. The van der Waals surface area contributed by atoms with Gasteiger partial charge in [-0.25, -0.2) is 17.6 Å². The van der Waals surface area contributed by atoms with E-state index in [4.69, 9.17) is 9.31 Å². The van der Waals surface area contributed by atoms with Gasteiger partial charge in [-0.15, -0.1) is 0 Å². The molecule has 0 N–H and O–H groups in total. The van der Waals surface area contributed by atoms with Gasteiger partial charge in [0.05, 0.1) is 16.8 Å². The Labute approximate surface area is 115 Å². The minimum Gasteiger partial charge on any atom is -0.399 e. The maximum absolute atomic E-state index is 13.6. The fraction of sp³-hybridized carbons (Fsp3) is 0.538. The first-order chi connectivity index (χ1) is 9.07. The third-order valence-corrected chi connectivity index (χ3v) is 3.89. The molecule has 0 atom stereocenters. The molecular weight excluding hydrogens is 275 g/mol. The van der Waals surface area contributed by atoms with Crippen molar-refractivity contribution in [2.45, 2.75) is 45.3 Å². The molecule has 2 nitrogen and oxygen atoms in total. The first kappa shape index (κ1) is 15.3. The largest absolute Gasteiger partial charge is 0.495 e. The van der Waals surface area contributed by atoms with Crippen LogP contribution in [0.1, 0.15) is 39.7 Å². The molecule has 7 heteroatoms. The van der Waals surface area contributed by atoms with Crippen molar-refractivity contribution < 1.29 is 26.9 Å². The minimum atomic E-state index is -3.15. The maximum atomic E-state index is 13.6. The number of hydrogen-bond acceptors (Lipinski definition) is 2. The summed E-state index contributed by atoms with van der Waals surface area (Å²) < 4.78 is 63.9. The molecule has 0 aromatic heterocycles. The molecule has 1 aromatic carbocycles. The zero-order chi connectivity index (χ0) is 15.3. The van der Waals surface area contributed by atoms with E-state index in [0.29, 0.717) is 0 Å². The van der Waals surface area contributed by atoms with Crippen LogP contribution in [0.25, 0.3) is 0 Å². The Morgan fingerprint density at radius 3 is 1.95 bits per heavy atom. The second-order valence-electron chi connectivity index (χ2n) is 5.75. The smallest absolute Gasteiger partial charge is 0.399 e. The minimum absolute atomic E-state index is 0.183. The average molecular weight is 290 g/mol. The second-order valence-corrected chi connectivity index (χ2v) is 5.75. The van der Waals surface area contributed by atoms with Crippen LogP contribution in [-0.4, -0.2) is 18.3 Å². The molecule has 1 aromatic rings. The fourth-order valence-electron chi connectivity index (χ4n) is 1.98. The summed E-state index contributed by atoms with van der Waals surface area (Å²) in [5, 5.41) is 0. The molecule has 2 rings (SSSR count). The normalized spacial score (nSPS) is 20.8. The van der Waals surface area contributed by atoms with E-state index in [9.17, 15) is 17.6 Å². The third-order valence-electron chi connectivity index (χ3n) is 3.89. The molecule has 0 unspecified atom stereocenters. The molecule has 1 aliphatic rings. The molecule has 0 saturated carbocycles. The summed E-state index contributed by atoms with van der Waals surface area (Å²) >= 11 is 0. The number of hydrogen-bond donors (Lipinski definition) is 0. The number of benzene rings is 1. The van der Waals surface area contributed by atoms with Gasteiger partial charge in [-0.1, -0.05) is 6.07 Å². The Kier molecular flexibility index (Phi) is 3.63. The predicted octanol–water partition coefficient (Wildman–Crippen LogP) is 3.20. The van der Waals surface area contributed by atoms with Gasteiger partial charge in [0.1, 0.15) is 0 Å². The van der Waals surface area contributed by atoms with Gasteiger partial charge in [0.2, 0.25) is 0 Å². The van der Waals surface area contributed by atoms with Gasteiger partial charge >= 0.3 is 7.12 Å². The van der Waals surface area contributed by atoms with Gasteiger partial charge < -0.3 is 9.31 Å². The van der Waals surface area contributed by atoms with Crippen molar-refractivity contribution in [1.29, 1.82) is 0 Å². The quantitative estimate of drug-likeness (QED) is 0.615. The highest BCUT2D eigenvalue weighted by Crippen LogP contribution is 2.37. The molecule has 1 fully saturated rings. The van der Waals surface area contributed by atoms with E-state index in [0.717, 1.165) is 12.1 Å². The number of rotatable bonds is 2. The van der Waals surface area contributed by atoms with Gasteiger partial charge in [-0.05, 0) is 39.2 Å². The summed E-state index contributed by atoms with van der Waals surface area (Å²) in [5.41, 5.74) is -2.69. The van der Waals surface area contributed by atoms with Crippen LogP contribution in [0.2, 0.25) is 0 Å². The molecule has 1 heterocycles. The van der Waals surface area contributed by atoms with Gasteiger partial charge in [0.25, 0.3) is 6.43 Å². The highest BCUT2D eigenvalue weighted by Gasteiger charge is 2.52. The molecule has 0 amide bonds. The zero-order valence-electron chi connectivity index (χ0n) is 11.6. The summed E-state index contributed by atoms with van der Waals surface area (Å²) in [5.74, 6) is -2.88. The molecule has 0 aliphatic carbocycles. The van der Waals surface area contributed by atoms with E-state index in [1.54, 1.807) is 27.7 Å². The van der Waals surface area contributed by atoms with Crippen LogP contribution in [0.4, 0.5) is 17.6 Å². The molecule has 1 saturated heterocycles. The number of alkyl halides is 2. The average Bonchev–Trinajstić information content (AvgIpc) is 2.51. The van der Waals surface area contributed by atoms with Crippen LogP contribution < -0.4 is 5.46 Å². The van der Waals surface area contributed by atoms with Crippen molar-refractivity contribution in [2.75, 3.05) is 0 Å². The first-order valence-electron chi connectivity index (χ1n) is 6.18. The van der Waals surface area contributed by atoms with Crippen molar-refractivity contribution in [2.24, 2.45) is 0 Å². The Balaban J connectivity index is 2.48. The van der Waals surface area contributed by atoms with Crippen molar-refractivity contribution >= 4 is 12.6 Å². The Morgan fingerprint density at radius 2 is 1.50 bits per heavy atom. The van der Waals surface area contributed by atoms with Crippen molar-refractivity contribution in [3.8, 4) is 0 Å². The molecule has 1 aliphatic heterocycles. The van der Waals surface area contributed by atoms with Crippen LogP contribution in [0.5, 0.6) is 0 Å². The maximum Gasteiger partial charge on any atom is 0.495 e.